The minimum atomic E-state index is -0.479. The van der Waals surface area contributed by atoms with Crippen LogP contribution in [0.4, 0.5) is 5.69 Å². The maximum atomic E-state index is 12.3. The molecule has 0 N–H and O–H groups in total. The molecule has 0 aliphatic carbocycles. The van der Waals surface area contributed by atoms with Crippen LogP contribution in [0.3, 0.4) is 0 Å². The molecule has 4 rings (SSSR count). The highest BCUT2D eigenvalue weighted by molar-refractivity contribution is 6.33. The van der Waals surface area contributed by atoms with Crippen LogP contribution < -0.4 is 4.90 Å². The lowest BCUT2D eigenvalue weighted by Crippen LogP contribution is -2.26. The van der Waals surface area contributed by atoms with Gasteiger partial charge in [-0.2, -0.15) is 0 Å². The molecule has 1 amide bonds. The van der Waals surface area contributed by atoms with Gasteiger partial charge < -0.3 is 14.1 Å². The number of methoxy groups -OCH3 is 1. The monoisotopic (exact) mass is 404 g/mol. The molecule has 0 unspecified atom stereocenters. The first-order chi connectivity index (χ1) is 13.0. The zero-order valence-electron chi connectivity index (χ0n) is 14.2. The number of benzene rings is 2. The summed E-state index contributed by atoms with van der Waals surface area (Å²) >= 11 is 12.3. The molecular weight excluding hydrogens is 391 g/mol. The first-order valence-corrected chi connectivity index (χ1v) is 8.96. The fourth-order valence-corrected chi connectivity index (χ4v) is 3.51. The average molecular weight is 405 g/mol. The van der Waals surface area contributed by atoms with Crippen LogP contribution in [0.1, 0.15) is 6.42 Å². The van der Waals surface area contributed by atoms with Crippen LogP contribution in [0.2, 0.25) is 10.0 Å². The number of hydrogen-bond donors (Lipinski definition) is 0. The Morgan fingerprint density at radius 1 is 1.26 bits per heavy atom. The number of anilines is 1. The summed E-state index contributed by atoms with van der Waals surface area (Å²) in [4.78, 5) is 30.1. The number of fused-ring (bicyclic) bond motifs is 1. The molecule has 1 atom stereocenters. The molecule has 138 valence electrons. The Kier molecular flexibility index (Phi) is 4.53. The number of nitrogens with zero attached hydrogens (tertiary/aromatic N) is 2. The molecule has 1 aliphatic heterocycles. The maximum absolute atomic E-state index is 12.3. The van der Waals surface area contributed by atoms with E-state index in [-0.39, 0.29) is 18.9 Å². The topological polar surface area (TPSA) is 72.6 Å². The minimum absolute atomic E-state index is 0.117. The van der Waals surface area contributed by atoms with Crippen LogP contribution in [-0.2, 0) is 14.3 Å². The molecule has 6 nitrogen and oxygen atoms in total. The molecule has 3 aromatic rings. The van der Waals surface area contributed by atoms with Crippen molar-refractivity contribution in [3.8, 4) is 11.5 Å². The largest absolute Gasteiger partial charge is 0.469 e. The standard InChI is InChI=1S/C19H14Cl2N2O4/c1-26-19(25)10-6-17(24)23(9-10)12-3-4-14(21)13(8-12)18-22-15-7-11(20)2-5-16(15)27-18/h2-5,7-8,10H,6,9H2,1H3/t10-/m0/s1. The lowest BCUT2D eigenvalue weighted by atomic mass is 10.1. The third-order valence-corrected chi connectivity index (χ3v) is 5.07. The summed E-state index contributed by atoms with van der Waals surface area (Å²) < 4.78 is 10.5. The van der Waals surface area contributed by atoms with Crippen molar-refractivity contribution in [1.82, 2.24) is 4.98 Å². The molecular formula is C19H14Cl2N2O4. The number of aromatic nitrogens is 1. The van der Waals surface area contributed by atoms with E-state index in [0.717, 1.165) is 0 Å². The van der Waals surface area contributed by atoms with Gasteiger partial charge in [-0.05, 0) is 36.4 Å². The predicted octanol–water partition coefficient (Wildman–Crippen LogP) is 4.33. The first kappa shape index (κ1) is 17.8. The van der Waals surface area contributed by atoms with Crippen molar-refractivity contribution in [3.63, 3.8) is 0 Å². The van der Waals surface area contributed by atoms with Gasteiger partial charge in [-0.25, -0.2) is 4.98 Å². The summed E-state index contributed by atoms with van der Waals surface area (Å²) in [5.74, 6) is -0.692. The molecule has 27 heavy (non-hydrogen) atoms. The number of oxazole rings is 1. The molecule has 8 heteroatoms. The molecule has 0 saturated carbocycles. The van der Waals surface area contributed by atoms with Gasteiger partial charge in [0.25, 0.3) is 0 Å². The predicted molar refractivity (Wildman–Crippen MR) is 102 cm³/mol. The number of carbonyl (C=O) groups is 2. The van der Waals surface area contributed by atoms with Gasteiger partial charge in [-0.15, -0.1) is 0 Å². The van der Waals surface area contributed by atoms with Gasteiger partial charge in [0.05, 0.1) is 23.6 Å². The van der Waals surface area contributed by atoms with E-state index in [1.807, 2.05) is 0 Å². The van der Waals surface area contributed by atoms with Gasteiger partial charge in [0, 0.05) is 23.7 Å². The Morgan fingerprint density at radius 3 is 2.85 bits per heavy atom. The zero-order chi connectivity index (χ0) is 19.1. The average Bonchev–Trinajstić information content (AvgIpc) is 3.24. The lowest BCUT2D eigenvalue weighted by Gasteiger charge is -2.17. The fourth-order valence-electron chi connectivity index (χ4n) is 3.14. The van der Waals surface area contributed by atoms with Crippen molar-refractivity contribution in [1.29, 1.82) is 0 Å². The van der Waals surface area contributed by atoms with Gasteiger partial charge in [-0.1, -0.05) is 23.2 Å². The van der Waals surface area contributed by atoms with Crippen LogP contribution in [0.5, 0.6) is 0 Å². The van der Waals surface area contributed by atoms with Gasteiger partial charge in [-0.3, -0.25) is 9.59 Å². The van der Waals surface area contributed by atoms with Crippen LogP contribution in [0, 0.1) is 5.92 Å². The summed E-state index contributed by atoms with van der Waals surface area (Å²) in [6.07, 6.45) is 0.117. The highest BCUT2D eigenvalue weighted by Crippen LogP contribution is 2.35. The molecule has 0 radical (unpaired) electrons. The first-order valence-electron chi connectivity index (χ1n) is 8.20. The number of carbonyl (C=O) groups excluding carboxylic acids is 2. The van der Waals surface area contributed by atoms with E-state index in [4.69, 9.17) is 32.4 Å². The number of ether oxygens (including phenoxy) is 1. The summed E-state index contributed by atoms with van der Waals surface area (Å²) in [5.41, 5.74) is 2.36. The Bertz CT molecular complexity index is 1060. The summed E-state index contributed by atoms with van der Waals surface area (Å²) in [5, 5.41) is 0.992. The second-order valence-electron chi connectivity index (χ2n) is 6.22. The summed E-state index contributed by atoms with van der Waals surface area (Å²) in [6.45, 7) is 0.260. The van der Waals surface area contributed by atoms with Gasteiger partial charge >= 0.3 is 5.97 Å². The molecule has 2 heterocycles. The van der Waals surface area contributed by atoms with Crippen molar-refractivity contribution in [2.45, 2.75) is 6.42 Å². The smallest absolute Gasteiger partial charge is 0.311 e. The minimum Gasteiger partial charge on any atom is -0.469 e. The van der Waals surface area contributed by atoms with E-state index < -0.39 is 11.9 Å². The number of rotatable bonds is 3. The Labute approximate surface area is 164 Å². The lowest BCUT2D eigenvalue weighted by molar-refractivity contribution is -0.145. The number of halogens is 2. The molecule has 1 aliphatic rings. The molecule has 1 saturated heterocycles. The SMILES string of the molecule is COC(=O)[C@H]1CC(=O)N(c2ccc(Cl)c(-c3nc4cc(Cl)ccc4o3)c2)C1. The van der Waals surface area contributed by atoms with Crippen molar-refractivity contribution < 1.29 is 18.7 Å². The Balaban J connectivity index is 1.71. The van der Waals surface area contributed by atoms with Crippen molar-refractivity contribution in [2.24, 2.45) is 5.92 Å². The number of esters is 1. The quantitative estimate of drug-likeness (QED) is 0.607. The van der Waals surface area contributed by atoms with E-state index in [2.05, 4.69) is 4.98 Å². The molecule has 0 spiro atoms. The zero-order valence-corrected chi connectivity index (χ0v) is 15.8. The van der Waals surface area contributed by atoms with Crippen molar-refractivity contribution in [3.05, 3.63) is 46.4 Å². The summed E-state index contributed by atoms with van der Waals surface area (Å²) in [7, 11) is 1.31. The Morgan fingerprint density at radius 2 is 2.07 bits per heavy atom. The second-order valence-corrected chi connectivity index (χ2v) is 7.07. The van der Waals surface area contributed by atoms with Gasteiger partial charge in [0.1, 0.15) is 5.52 Å². The van der Waals surface area contributed by atoms with E-state index in [1.165, 1.54) is 7.11 Å². The van der Waals surface area contributed by atoms with Crippen molar-refractivity contribution in [2.75, 3.05) is 18.6 Å². The Hall–Kier alpha value is -2.57. The van der Waals surface area contributed by atoms with Gasteiger partial charge in [0.2, 0.25) is 11.8 Å². The molecule has 2 aromatic carbocycles. The van der Waals surface area contributed by atoms with Gasteiger partial charge in [0.15, 0.2) is 5.58 Å². The normalized spacial score (nSPS) is 16.9. The second kappa shape index (κ2) is 6.87. The summed E-state index contributed by atoms with van der Waals surface area (Å²) in [6, 6.07) is 10.3. The third-order valence-electron chi connectivity index (χ3n) is 4.50. The highest BCUT2D eigenvalue weighted by atomic mass is 35.5. The third kappa shape index (κ3) is 3.26. The van der Waals surface area contributed by atoms with Crippen molar-refractivity contribution >= 4 is 51.9 Å². The molecule has 1 aromatic heterocycles. The highest BCUT2D eigenvalue weighted by Gasteiger charge is 2.36. The molecule has 1 fully saturated rings. The van der Waals surface area contributed by atoms with E-state index >= 15 is 0 Å². The van der Waals surface area contributed by atoms with Crippen LogP contribution in [-0.4, -0.2) is 30.5 Å². The fraction of sp³-hybridized carbons (Fsp3) is 0.211. The van der Waals surface area contributed by atoms with E-state index in [9.17, 15) is 9.59 Å². The van der Waals surface area contributed by atoms with Crippen LogP contribution >= 0.6 is 23.2 Å². The van der Waals surface area contributed by atoms with E-state index in [0.29, 0.717) is 38.3 Å². The van der Waals surface area contributed by atoms with Crippen LogP contribution in [0.15, 0.2) is 40.8 Å². The van der Waals surface area contributed by atoms with Crippen LogP contribution in [0.25, 0.3) is 22.6 Å². The van der Waals surface area contributed by atoms with E-state index in [1.54, 1.807) is 41.3 Å². The maximum Gasteiger partial charge on any atom is 0.311 e. The molecule has 0 bridgehead atoms. The number of hydrogen-bond acceptors (Lipinski definition) is 5. The number of amides is 1.